The summed E-state index contributed by atoms with van der Waals surface area (Å²) >= 11 is 0. The zero-order valence-electron chi connectivity index (χ0n) is 22.7. The molecule has 0 aliphatic rings. The largest absolute Gasteiger partial charge is 0.294 e. The molecule has 1 aromatic heterocycles. The van der Waals surface area contributed by atoms with Gasteiger partial charge in [-0.1, -0.05) is 100 Å². The van der Waals surface area contributed by atoms with Gasteiger partial charge in [0.25, 0.3) is 5.82 Å². The minimum Gasteiger partial charge on any atom is -0.225 e. The van der Waals surface area contributed by atoms with Crippen LogP contribution < -0.4 is 4.57 Å². The van der Waals surface area contributed by atoms with Crippen molar-refractivity contribution in [1.82, 2.24) is 4.57 Å². The fourth-order valence-electron chi connectivity index (χ4n) is 6.19. The molecule has 5 aromatic carbocycles. The molecule has 2 nitrogen and oxygen atoms in total. The van der Waals surface area contributed by atoms with E-state index in [-0.39, 0.29) is 0 Å². The Morgan fingerprint density at radius 2 is 1.19 bits per heavy atom. The second kappa shape index (κ2) is 8.88. The van der Waals surface area contributed by atoms with Gasteiger partial charge in [0, 0.05) is 21.9 Å². The fraction of sp³-hybridized carbons (Fsp3) is 0.229. The monoisotopic (exact) mass is 483 g/mol. The lowest BCUT2D eigenvalue weighted by molar-refractivity contribution is -0.633. The number of aryl methyl sites for hydroxylation is 2. The van der Waals surface area contributed by atoms with Gasteiger partial charge in [0.1, 0.15) is 5.69 Å². The van der Waals surface area contributed by atoms with E-state index in [0.717, 1.165) is 0 Å². The topological polar surface area (TPSA) is 8.81 Å². The molecule has 0 atom stereocenters. The molecule has 0 bridgehead atoms. The molecule has 0 N–H and O–H groups in total. The number of rotatable bonds is 4. The van der Waals surface area contributed by atoms with E-state index in [1.807, 2.05) is 0 Å². The van der Waals surface area contributed by atoms with E-state index in [1.165, 1.54) is 66.3 Å². The molecule has 0 fully saturated rings. The van der Waals surface area contributed by atoms with Crippen LogP contribution in [0, 0.1) is 6.92 Å². The molecule has 0 saturated heterocycles. The third-order valence-corrected chi connectivity index (χ3v) is 7.89. The molecule has 0 radical (unpaired) electrons. The summed E-state index contributed by atoms with van der Waals surface area (Å²) in [5.41, 5.74) is 9.20. The summed E-state index contributed by atoms with van der Waals surface area (Å²) in [4.78, 5) is 0. The molecule has 1 heterocycles. The Morgan fingerprint density at radius 3 is 1.84 bits per heavy atom. The van der Waals surface area contributed by atoms with Crippen molar-refractivity contribution < 1.29 is 4.57 Å². The van der Waals surface area contributed by atoms with Crippen LogP contribution in [0.1, 0.15) is 56.2 Å². The second-order valence-corrected chi connectivity index (χ2v) is 10.9. The SMILES string of the molecule is Cc1cccc2c3ccccc3c3c(c12)[n+](C)c(-c1ccccc1)n3-c1c(C(C)C)cccc1C(C)C. The summed E-state index contributed by atoms with van der Waals surface area (Å²) in [5, 5.41) is 5.25. The lowest BCUT2D eigenvalue weighted by Crippen LogP contribution is -2.30. The molecule has 184 valence electrons. The van der Waals surface area contributed by atoms with Crippen LogP contribution in [-0.4, -0.2) is 4.57 Å². The molecule has 0 spiro atoms. The Bertz CT molecular complexity index is 1760. The predicted molar refractivity (Wildman–Crippen MR) is 158 cm³/mol. The lowest BCUT2D eigenvalue weighted by Gasteiger charge is -2.18. The van der Waals surface area contributed by atoms with Gasteiger partial charge in [0.2, 0.25) is 0 Å². The summed E-state index contributed by atoms with van der Waals surface area (Å²) in [7, 11) is 2.24. The maximum absolute atomic E-state index is 2.59. The van der Waals surface area contributed by atoms with Gasteiger partial charge in [-0.25, -0.2) is 4.57 Å². The average molecular weight is 484 g/mol. The maximum atomic E-state index is 2.59. The summed E-state index contributed by atoms with van der Waals surface area (Å²) in [5.74, 6) is 2.01. The molecule has 2 heteroatoms. The molecule has 0 saturated carbocycles. The zero-order chi connectivity index (χ0) is 25.8. The number of imidazole rings is 1. The van der Waals surface area contributed by atoms with Crippen LogP contribution in [-0.2, 0) is 7.05 Å². The van der Waals surface area contributed by atoms with Gasteiger partial charge >= 0.3 is 0 Å². The Balaban J connectivity index is 1.98. The highest BCUT2D eigenvalue weighted by atomic mass is 15.2. The molecular weight excluding hydrogens is 448 g/mol. The lowest BCUT2D eigenvalue weighted by atomic mass is 9.91. The third kappa shape index (κ3) is 3.50. The van der Waals surface area contributed by atoms with Crippen molar-refractivity contribution in [2.24, 2.45) is 7.05 Å². The van der Waals surface area contributed by atoms with Crippen molar-refractivity contribution in [3.05, 3.63) is 108 Å². The second-order valence-electron chi connectivity index (χ2n) is 10.9. The van der Waals surface area contributed by atoms with Gasteiger partial charge < -0.3 is 0 Å². The van der Waals surface area contributed by atoms with E-state index in [2.05, 4.69) is 142 Å². The van der Waals surface area contributed by atoms with Gasteiger partial charge in [-0.15, -0.1) is 0 Å². The van der Waals surface area contributed by atoms with E-state index < -0.39 is 0 Å². The van der Waals surface area contributed by atoms with Gasteiger partial charge in [-0.3, -0.25) is 0 Å². The van der Waals surface area contributed by atoms with Gasteiger partial charge in [-0.05, 0) is 53.3 Å². The smallest absolute Gasteiger partial charge is 0.225 e. The highest BCUT2D eigenvalue weighted by Gasteiger charge is 2.33. The van der Waals surface area contributed by atoms with Gasteiger partial charge in [-0.2, -0.15) is 4.57 Å². The molecule has 37 heavy (non-hydrogen) atoms. The minimum absolute atomic E-state index is 0.397. The van der Waals surface area contributed by atoms with Crippen LogP contribution >= 0.6 is 0 Å². The van der Waals surface area contributed by atoms with E-state index >= 15 is 0 Å². The van der Waals surface area contributed by atoms with Gasteiger partial charge in [0.15, 0.2) is 11.0 Å². The average Bonchev–Trinajstić information content (AvgIpc) is 3.21. The van der Waals surface area contributed by atoms with Crippen LogP contribution in [0.15, 0.2) is 91.0 Å². The van der Waals surface area contributed by atoms with Crippen LogP contribution in [0.2, 0.25) is 0 Å². The molecule has 6 aromatic rings. The maximum Gasteiger partial charge on any atom is 0.294 e. The first kappa shape index (κ1) is 23.5. The van der Waals surface area contributed by atoms with E-state index in [9.17, 15) is 0 Å². The van der Waals surface area contributed by atoms with Crippen molar-refractivity contribution in [3.63, 3.8) is 0 Å². The summed E-state index contributed by atoms with van der Waals surface area (Å²) in [6.07, 6.45) is 0. The summed E-state index contributed by atoms with van der Waals surface area (Å²) < 4.78 is 5.02. The molecule has 6 rings (SSSR count). The molecule has 0 aliphatic heterocycles. The Morgan fingerprint density at radius 1 is 0.622 bits per heavy atom. The standard InChI is InChI=1S/C35H35N2/c1-22(2)26-19-13-20-27(23(3)4)32(26)37-33-30-18-11-10-17-28(30)29-21-12-14-24(5)31(29)34(33)36(6)35(37)25-15-8-7-9-16-25/h7-23H,1-6H3/q+1. The van der Waals surface area contributed by atoms with Crippen LogP contribution in [0.4, 0.5) is 0 Å². The zero-order valence-corrected chi connectivity index (χ0v) is 22.7. The number of aromatic nitrogens is 2. The number of fused-ring (bicyclic) bond motifs is 6. The molecular formula is C35H35N2+. The molecule has 0 aliphatic carbocycles. The number of hydrogen-bond donors (Lipinski definition) is 0. The fourth-order valence-corrected chi connectivity index (χ4v) is 6.19. The van der Waals surface area contributed by atoms with Crippen LogP contribution in [0.25, 0.3) is 49.7 Å². The van der Waals surface area contributed by atoms with Crippen molar-refractivity contribution in [2.75, 3.05) is 0 Å². The number of nitrogens with zero attached hydrogens (tertiary/aromatic N) is 2. The third-order valence-electron chi connectivity index (χ3n) is 7.89. The first-order chi connectivity index (χ1) is 17.9. The van der Waals surface area contributed by atoms with Crippen molar-refractivity contribution in [2.45, 2.75) is 46.5 Å². The first-order valence-corrected chi connectivity index (χ1v) is 13.4. The number of hydrogen-bond acceptors (Lipinski definition) is 0. The Hall–Kier alpha value is -3.91. The highest BCUT2D eigenvalue weighted by molar-refractivity contribution is 6.24. The predicted octanol–water partition coefficient (Wildman–Crippen LogP) is 8.98. The van der Waals surface area contributed by atoms with E-state index in [0.29, 0.717) is 11.8 Å². The number of benzene rings is 5. The normalized spacial score (nSPS) is 12.0. The number of para-hydroxylation sites is 1. The van der Waals surface area contributed by atoms with Crippen molar-refractivity contribution in [1.29, 1.82) is 0 Å². The van der Waals surface area contributed by atoms with Gasteiger partial charge in [0.05, 0.1) is 12.6 Å². The van der Waals surface area contributed by atoms with Crippen LogP contribution in [0.3, 0.4) is 0 Å². The molecule has 0 unspecified atom stereocenters. The van der Waals surface area contributed by atoms with Crippen molar-refractivity contribution >= 4 is 32.6 Å². The molecule has 0 amide bonds. The first-order valence-electron chi connectivity index (χ1n) is 13.4. The quantitative estimate of drug-likeness (QED) is 0.175. The van der Waals surface area contributed by atoms with E-state index in [1.54, 1.807) is 0 Å². The highest BCUT2D eigenvalue weighted by Crippen LogP contribution is 2.42. The Labute approximate surface area is 219 Å². The minimum atomic E-state index is 0.397. The van der Waals surface area contributed by atoms with Crippen molar-refractivity contribution in [3.8, 4) is 17.1 Å². The summed E-state index contributed by atoms with van der Waals surface area (Å²) in [6, 6.07) is 33.4. The van der Waals surface area contributed by atoms with Crippen LogP contribution in [0.5, 0.6) is 0 Å². The summed E-state index contributed by atoms with van der Waals surface area (Å²) in [6.45, 7) is 11.5. The van der Waals surface area contributed by atoms with E-state index in [4.69, 9.17) is 0 Å². The Kier molecular flexibility index (Phi) is 5.64.